The van der Waals surface area contributed by atoms with E-state index in [-0.39, 0.29) is 11.7 Å². The maximum atomic E-state index is 11.8. The summed E-state index contributed by atoms with van der Waals surface area (Å²) < 4.78 is 0. The van der Waals surface area contributed by atoms with Gasteiger partial charge in [-0.15, -0.1) is 0 Å². The minimum absolute atomic E-state index is 0.188. The average Bonchev–Trinajstić information content (AvgIpc) is 2.53. The van der Waals surface area contributed by atoms with Crippen LogP contribution in [0.3, 0.4) is 0 Å². The molecule has 1 amide bonds. The molecule has 0 saturated heterocycles. The van der Waals surface area contributed by atoms with Crippen molar-refractivity contribution in [1.82, 2.24) is 15.4 Å². The molecule has 1 N–H and O–H groups in total. The van der Waals surface area contributed by atoms with E-state index in [0.29, 0.717) is 5.16 Å². The highest BCUT2D eigenvalue weighted by Crippen LogP contribution is 2.13. The largest absolute Gasteiger partial charge is 0.272 e. The first-order valence-corrected chi connectivity index (χ1v) is 8.52. The molecule has 0 unspecified atom stereocenters. The van der Waals surface area contributed by atoms with Gasteiger partial charge in [-0.1, -0.05) is 48.2 Å². The van der Waals surface area contributed by atoms with E-state index >= 15 is 0 Å². The standard InChI is InChI=1S/C18H20N4OS/c1-13(9-16-7-5-4-6-8-16)11-19-22-17(23)12-24-18-20-14(2)10-15(3)21-18/h4-11H,12H2,1-3H3,(H,22,23). The normalized spacial score (nSPS) is 11.7. The lowest BCUT2D eigenvalue weighted by Crippen LogP contribution is -2.19. The molecule has 2 aromatic rings. The third kappa shape index (κ3) is 6.34. The molecule has 24 heavy (non-hydrogen) atoms. The number of nitrogens with zero attached hydrogens (tertiary/aromatic N) is 3. The Bertz CT molecular complexity index is 737. The van der Waals surface area contributed by atoms with Crippen LogP contribution in [0.1, 0.15) is 23.9 Å². The molecule has 0 aliphatic rings. The van der Waals surface area contributed by atoms with Crippen LogP contribution in [0.4, 0.5) is 0 Å². The molecule has 124 valence electrons. The summed E-state index contributed by atoms with van der Waals surface area (Å²) in [5, 5.41) is 4.57. The van der Waals surface area contributed by atoms with Gasteiger partial charge in [-0.2, -0.15) is 5.10 Å². The number of hydrogen-bond donors (Lipinski definition) is 1. The molecule has 0 radical (unpaired) electrons. The minimum Gasteiger partial charge on any atom is -0.272 e. The van der Waals surface area contributed by atoms with E-state index in [1.54, 1.807) is 6.21 Å². The number of carbonyl (C=O) groups is 1. The van der Waals surface area contributed by atoms with Crippen molar-refractivity contribution in [1.29, 1.82) is 0 Å². The van der Waals surface area contributed by atoms with Crippen molar-refractivity contribution in [3.8, 4) is 0 Å². The van der Waals surface area contributed by atoms with Gasteiger partial charge >= 0.3 is 0 Å². The monoisotopic (exact) mass is 340 g/mol. The van der Waals surface area contributed by atoms with Crippen molar-refractivity contribution in [2.45, 2.75) is 25.9 Å². The molecular weight excluding hydrogens is 320 g/mol. The Labute approximate surface area is 146 Å². The third-order valence-corrected chi connectivity index (χ3v) is 3.79. The minimum atomic E-state index is -0.188. The van der Waals surface area contributed by atoms with Crippen LogP contribution >= 0.6 is 11.8 Å². The molecule has 1 heterocycles. The number of amides is 1. The van der Waals surface area contributed by atoms with Gasteiger partial charge in [-0.05, 0) is 38.0 Å². The van der Waals surface area contributed by atoms with Gasteiger partial charge in [0.2, 0.25) is 0 Å². The number of rotatable bonds is 6. The molecule has 1 aromatic carbocycles. The van der Waals surface area contributed by atoms with E-state index in [2.05, 4.69) is 20.5 Å². The van der Waals surface area contributed by atoms with E-state index in [1.165, 1.54) is 11.8 Å². The van der Waals surface area contributed by atoms with Crippen LogP contribution < -0.4 is 5.43 Å². The SMILES string of the molecule is CC(C=NNC(=O)CSc1nc(C)cc(C)n1)=Cc1ccccc1. The van der Waals surface area contributed by atoms with Crippen molar-refractivity contribution in [2.24, 2.45) is 5.10 Å². The highest BCUT2D eigenvalue weighted by molar-refractivity contribution is 7.99. The lowest BCUT2D eigenvalue weighted by Gasteiger charge is -2.02. The zero-order chi connectivity index (χ0) is 17.4. The zero-order valence-electron chi connectivity index (χ0n) is 14.0. The Morgan fingerprint density at radius 2 is 1.88 bits per heavy atom. The number of benzene rings is 1. The van der Waals surface area contributed by atoms with Gasteiger partial charge in [0, 0.05) is 11.4 Å². The van der Waals surface area contributed by atoms with Gasteiger partial charge in [-0.3, -0.25) is 4.79 Å². The number of aryl methyl sites for hydroxylation is 2. The van der Waals surface area contributed by atoms with Crippen LogP contribution in [-0.4, -0.2) is 27.8 Å². The number of allylic oxidation sites excluding steroid dienone is 1. The van der Waals surface area contributed by atoms with Crippen LogP contribution in [0.2, 0.25) is 0 Å². The molecule has 0 fully saturated rings. The predicted octanol–water partition coefficient (Wildman–Crippen LogP) is 3.39. The lowest BCUT2D eigenvalue weighted by atomic mass is 10.1. The number of aromatic nitrogens is 2. The van der Waals surface area contributed by atoms with E-state index in [4.69, 9.17) is 0 Å². The van der Waals surface area contributed by atoms with Crippen molar-refractivity contribution in [2.75, 3.05) is 5.75 Å². The topological polar surface area (TPSA) is 67.2 Å². The van der Waals surface area contributed by atoms with E-state index in [0.717, 1.165) is 22.5 Å². The Morgan fingerprint density at radius 1 is 1.21 bits per heavy atom. The number of hydrazone groups is 1. The van der Waals surface area contributed by atoms with Crippen LogP contribution in [0.5, 0.6) is 0 Å². The van der Waals surface area contributed by atoms with Gasteiger partial charge < -0.3 is 0 Å². The number of hydrogen-bond acceptors (Lipinski definition) is 5. The Balaban J connectivity index is 1.81. The van der Waals surface area contributed by atoms with Crippen LogP contribution in [0.25, 0.3) is 6.08 Å². The maximum Gasteiger partial charge on any atom is 0.250 e. The van der Waals surface area contributed by atoms with Crippen LogP contribution in [0.15, 0.2) is 52.2 Å². The lowest BCUT2D eigenvalue weighted by molar-refractivity contribution is -0.118. The first-order valence-electron chi connectivity index (χ1n) is 7.53. The molecule has 0 saturated carbocycles. The molecule has 0 atom stereocenters. The van der Waals surface area contributed by atoms with Crippen LogP contribution in [0, 0.1) is 13.8 Å². The molecule has 6 heteroatoms. The fourth-order valence-electron chi connectivity index (χ4n) is 1.98. The molecule has 0 aliphatic heterocycles. The molecule has 0 bridgehead atoms. The van der Waals surface area contributed by atoms with E-state index in [1.807, 2.05) is 63.2 Å². The number of carbonyl (C=O) groups excluding carboxylic acids is 1. The second kappa shape index (κ2) is 8.98. The molecule has 1 aromatic heterocycles. The van der Waals surface area contributed by atoms with E-state index < -0.39 is 0 Å². The Hall–Kier alpha value is -2.47. The van der Waals surface area contributed by atoms with E-state index in [9.17, 15) is 4.79 Å². The van der Waals surface area contributed by atoms with Crippen molar-refractivity contribution < 1.29 is 4.79 Å². The summed E-state index contributed by atoms with van der Waals surface area (Å²) in [6, 6.07) is 11.8. The average molecular weight is 340 g/mol. The number of thioether (sulfide) groups is 1. The molecule has 0 spiro atoms. The molecule has 5 nitrogen and oxygen atoms in total. The van der Waals surface area contributed by atoms with Gasteiger partial charge in [0.25, 0.3) is 5.91 Å². The van der Waals surface area contributed by atoms with Crippen molar-refractivity contribution >= 4 is 30.0 Å². The summed E-state index contributed by atoms with van der Waals surface area (Å²) in [6.07, 6.45) is 3.62. The summed E-state index contributed by atoms with van der Waals surface area (Å²) in [5.41, 5.74) is 6.34. The van der Waals surface area contributed by atoms with Gasteiger partial charge in [0.1, 0.15) is 0 Å². The fourth-order valence-corrected chi connectivity index (χ4v) is 2.72. The highest BCUT2D eigenvalue weighted by atomic mass is 32.2. The van der Waals surface area contributed by atoms with Gasteiger partial charge in [0.05, 0.1) is 12.0 Å². The number of nitrogens with one attached hydrogen (secondary N) is 1. The molecule has 0 aliphatic carbocycles. The Kier molecular flexibility index (Phi) is 6.69. The smallest absolute Gasteiger partial charge is 0.250 e. The fraction of sp³-hybridized carbons (Fsp3) is 0.222. The van der Waals surface area contributed by atoms with Crippen molar-refractivity contribution in [3.63, 3.8) is 0 Å². The third-order valence-electron chi connectivity index (χ3n) is 2.95. The van der Waals surface area contributed by atoms with Crippen molar-refractivity contribution in [3.05, 3.63) is 58.9 Å². The van der Waals surface area contributed by atoms with Crippen LogP contribution in [-0.2, 0) is 4.79 Å². The predicted molar refractivity (Wildman–Crippen MR) is 99.0 cm³/mol. The highest BCUT2D eigenvalue weighted by Gasteiger charge is 2.05. The van der Waals surface area contributed by atoms with Gasteiger partial charge in [0.15, 0.2) is 5.16 Å². The summed E-state index contributed by atoms with van der Waals surface area (Å²) in [4.78, 5) is 20.4. The molecular formula is C18H20N4OS. The Morgan fingerprint density at radius 3 is 2.54 bits per heavy atom. The summed E-state index contributed by atoms with van der Waals surface area (Å²) in [6.45, 7) is 5.75. The molecule has 2 rings (SSSR count). The summed E-state index contributed by atoms with van der Waals surface area (Å²) in [7, 11) is 0. The first-order chi connectivity index (χ1) is 11.5. The summed E-state index contributed by atoms with van der Waals surface area (Å²) >= 11 is 1.30. The second-order valence-corrected chi connectivity index (χ2v) is 6.26. The second-order valence-electron chi connectivity index (χ2n) is 5.31. The maximum absolute atomic E-state index is 11.8. The zero-order valence-corrected chi connectivity index (χ0v) is 14.8. The van der Waals surface area contributed by atoms with Gasteiger partial charge in [-0.25, -0.2) is 15.4 Å². The quantitative estimate of drug-likeness (QED) is 0.379. The first kappa shape index (κ1) is 17.9. The summed E-state index contributed by atoms with van der Waals surface area (Å²) in [5.74, 6) is 0.0355.